The lowest BCUT2D eigenvalue weighted by atomic mass is 10.0. The third kappa shape index (κ3) is 3.81. The van der Waals surface area contributed by atoms with Gasteiger partial charge in [-0.2, -0.15) is 0 Å². The van der Waals surface area contributed by atoms with E-state index in [2.05, 4.69) is 12.2 Å². The van der Waals surface area contributed by atoms with E-state index in [1.54, 1.807) is 12.1 Å². The molecule has 0 radical (unpaired) electrons. The topological polar surface area (TPSA) is 12.0 Å². The first-order valence-corrected chi connectivity index (χ1v) is 6.77. The van der Waals surface area contributed by atoms with Crippen LogP contribution in [0.15, 0.2) is 24.3 Å². The number of halogens is 1. The largest absolute Gasteiger partial charge is 0.307 e. The molecule has 1 aliphatic carbocycles. The molecule has 0 heterocycles. The highest BCUT2D eigenvalue weighted by molar-refractivity contribution is 5.19. The number of rotatable bonds is 3. The molecule has 0 aromatic heterocycles. The molecule has 0 aliphatic heterocycles. The summed E-state index contributed by atoms with van der Waals surface area (Å²) in [6.45, 7) is 2.12. The average molecular weight is 235 g/mol. The highest BCUT2D eigenvalue weighted by Gasteiger charge is 2.15. The number of hydrogen-bond acceptors (Lipinski definition) is 1. The monoisotopic (exact) mass is 235 g/mol. The molecule has 0 bridgehead atoms. The van der Waals surface area contributed by atoms with Gasteiger partial charge >= 0.3 is 0 Å². The van der Waals surface area contributed by atoms with Gasteiger partial charge in [0.2, 0.25) is 0 Å². The summed E-state index contributed by atoms with van der Waals surface area (Å²) in [6, 6.07) is 7.77. The molecular weight excluding hydrogens is 213 g/mol. The predicted octanol–water partition coefficient (Wildman–Crippen LogP) is 4.20. The van der Waals surface area contributed by atoms with Crippen molar-refractivity contribution >= 4 is 0 Å². The Morgan fingerprint density at radius 2 is 1.88 bits per heavy atom. The first kappa shape index (κ1) is 12.6. The molecule has 17 heavy (non-hydrogen) atoms. The molecule has 0 unspecified atom stereocenters. The number of benzene rings is 1. The van der Waals surface area contributed by atoms with Crippen LogP contribution in [0.3, 0.4) is 0 Å². The van der Waals surface area contributed by atoms with Crippen molar-refractivity contribution in [3.63, 3.8) is 0 Å². The van der Waals surface area contributed by atoms with Crippen molar-refractivity contribution in [2.24, 2.45) is 0 Å². The molecule has 1 fully saturated rings. The van der Waals surface area contributed by atoms with Crippen LogP contribution < -0.4 is 5.32 Å². The minimum absolute atomic E-state index is 0.142. The SMILES string of the molecule is C[C@H](NC1CCCCCC1)c1cccc(F)c1. The Hall–Kier alpha value is -0.890. The Morgan fingerprint density at radius 1 is 1.18 bits per heavy atom. The van der Waals surface area contributed by atoms with E-state index in [1.165, 1.54) is 44.6 Å². The van der Waals surface area contributed by atoms with E-state index in [9.17, 15) is 4.39 Å². The van der Waals surface area contributed by atoms with E-state index >= 15 is 0 Å². The fourth-order valence-corrected chi connectivity index (χ4v) is 2.67. The van der Waals surface area contributed by atoms with Gasteiger partial charge in [-0.15, -0.1) is 0 Å². The fourth-order valence-electron chi connectivity index (χ4n) is 2.67. The van der Waals surface area contributed by atoms with Gasteiger partial charge in [0.25, 0.3) is 0 Å². The maximum atomic E-state index is 13.1. The minimum Gasteiger partial charge on any atom is -0.307 e. The van der Waals surface area contributed by atoms with E-state index in [0.717, 1.165) is 5.56 Å². The molecule has 1 N–H and O–H groups in total. The summed E-state index contributed by atoms with van der Waals surface area (Å²) >= 11 is 0. The molecule has 1 aromatic rings. The summed E-state index contributed by atoms with van der Waals surface area (Å²) in [7, 11) is 0. The lowest BCUT2D eigenvalue weighted by Crippen LogP contribution is -2.31. The van der Waals surface area contributed by atoms with Crippen LogP contribution in [0.2, 0.25) is 0 Å². The van der Waals surface area contributed by atoms with Gasteiger partial charge in [0, 0.05) is 12.1 Å². The molecule has 1 aliphatic rings. The molecular formula is C15H22FN. The van der Waals surface area contributed by atoms with Crippen molar-refractivity contribution in [1.82, 2.24) is 5.32 Å². The first-order valence-electron chi connectivity index (χ1n) is 6.77. The van der Waals surface area contributed by atoms with Gasteiger partial charge in [0.15, 0.2) is 0 Å². The fraction of sp³-hybridized carbons (Fsp3) is 0.600. The van der Waals surface area contributed by atoms with Crippen LogP contribution in [-0.4, -0.2) is 6.04 Å². The summed E-state index contributed by atoms with van der Waals surface area (Å²) in [5.74, 6) is -0.142. The van der Waals surface area contributed by atoms with Crippen LogP contribution in [0.4, 0.5) is 4.39 Å². The van der Waals surface area contributed by atoms with Gasteiger partial charge in [0.05, 0.1) is 0 Å². The smallest absolute Gasteiger partial charge is 0.123 e. The van der Waals surface area contributed by atoms with Crippen LogP contribution >= 0.6 is 0 Å². The molecule has 0 amide bonds. The second-order valence-corrected chi connectivity index (χ2v) is 5.13. The first-order chi connectivity index (χ1) is 8.25. The van der Waals surface area contributed by atoms with Crippen LogP contribution in [-0.2, 0) is 0 Å². The molecule has 1 atom stereocenters. The third-order valence-electron chi connectivity index (χ3n) is 3.69. The summed E-state index contributed by atoms with van der Waals surface area (Å²) in [4.78, 5) is 0. The van der Waals surface area contributed by atoms with Crippen molar-refractivity contribution in [1.29, 1.82) is 0 Å². The second-order valence-electron chi connectivity index (χ2n) is 5.13. The molecule has 94 valence electrons. The molecule has 2 rings (SSSR count). The third-order valence-corrected chi connectivity index (χ3v) is 3.69. The predicted molar refractivity (Wildman–Crippen MR) is 69.4 cm³/mol. The Balaban J connectivity index is 1.93. The zero-order valence-electron chi connectivity index (χ0n) is 10.6. The molecule has 0 spiro atoms. The van der Waals surface area contributed by atoms with Gasteiger partial charge in [0.1, 0.15) is 5.82 Å². The van der Waals surface area contributed by atoms with Crippen molar-refractivity contribution in [3.8, 4) is 0 Å². The lowest BCUT2D eigenvalue weighted by molar-refractivity contribution is 0.413. The summed E-state index contributed by atoms with van der Waals surface area (Å²) in [5, 5.41) is 3.64. The quantitative estimate of drug-likeness (QED) is 0.774. The number of hydrogen-bond donors (Lipinski definition) is 1. The van der Waals surface area contributed by atoms with Crippen molar-refractivity contribution in [2.75, 3.05) is 0 Å². The Bertz CT molecular complexity index is 343. The Morgan fingerprint density at radius 3 is 2.53 bits per heavy atom. The zero-order chi connectivity index (χ0) is 12.1. The molecule has 1 saturated carbocycles. The standard InChI is InChI=1S/C15H22FN/c1-12(13-7-6-8-14(16)11-13)17-15-9-4-2-3-5-10-15/h6-8,11-12,15,17H,2-5,9-10H2,1H3/t12-/m0/s1. The maximum absolute atomic E-state index is 13.1. The van der Waals surface area contributed by atoms with Crippen molar-refractivity contribution in [3.05, 3.63) is 35.6 Å². The summed E-state index contributed by atoms with van der Waals surface area (Å²) in [5.41, 5.74) is 1.05. The molecule has 1 nitrogen and oxygen atoms in total. The molecule has 1 aromatic carbocycles. The van der Waals surface area contributed by atoms with E-state index in [-0.39, 0.29) is 11.9 Å². The summed E-state index contributed by atoms with van der Waals surface area (Å²) < 4.78 is 13.1. The van der Waals surface area contributed by atoms with Gasteiger partial charge in [-0.25, -0.2) is 4.39 Å². The van der Waals surface area contributed by atoms with Crippen LogP contribution in [0.25, 0.3) is 0 Å². The minimum atomic E-state index is -0.142. The van der Waals surface area contributed by atoms with E-state index in [0.29, 0.717) is 6.04 Å². The average Bonchev–Trinajstić information content (AvgIpc) is 2.57. The molecule has 0 saturated heterocycles. The normalized spacial score (nSPS) is 19.9. The van der Waals surface area contributed by atoms with Gasteiger partial charge in [-0.1, -0.05) is 37.8 Å². The van der Waals surface area contributed by atoms with E-state index in [4.69, 9.17) is 0 Å². The van der Waals surface area contributed by atoms with Gasteiger partial charge < -0.3 is 5.32 Å². The van der Waals surface area contributed by atoms with Crippen molar-refractivity contribution < 1.29 is 4.39 Å². The van der Waals surface area contributed by atoms with Gasteiger partial charge in [-0.3, -0.25) is 0 Å². The van der Waals surface area contributed by atoms with Gasteiger partial charge in [-0.05, 0) is 37.5 Å². The van der Waals surface area contributed by atoms with Crippen molar-refractivity contribution in [2.45, 2.75) is 57.5 Å². The maximum Gasteiger partial charge on any atom is 0.123 e. The highest BCUT2D eigenvalue weighted by atomic mass is 19.1. The molecule has 2 heteroatoms. The highest BCUT2D eigenvalue weighted by Crippen LogP contribution is 2.21. The Kier molecular flexibility index (Phi) is 4.55. The Labute approximate surface area is 103 Å². The number of nitrogens with one attached hydrogen (secondary N) is 1. The second kappa shape index (κ2) is 6.15. The zero-order valence-corrected chi connectivity index (χ0v) is 10.6. The van der Waals surface area contributed by atoms with Crippen LogP contribution in [0, 0.1) is 5.82 Å². The lowest BCUT2D eigenvalue weighted by Gasteiger charge is -2.22. The van der Waals surface area contributed by atoms with E-state index in [1.807, 2.05) is 6.07 Å². The van der Waals surface area contributed by atoms with Crippen LogP contribution in [0.1, 0.15) is 57.1 Å². The van der Waals surface area contributed by atoms with Crippen LogP contribution in [0.5, 0.6) is 0 Å². The summed E-state index contributed by atoms with van der Waals surface area (Å²) in [6.07, 6.45) is 7.92. The van der Waals surface area contributed by atoms with E-state index < -0.39 is 0 Å².